The molecule has 1 aromatic heterocycles. The average molecular weight is 522 g/mol. The van der Waals surface area contributed by atoms with Gasteiger partial charge in [-0.15, -0.1) is 0 Å². The molecule has 6 nitrogen and oxygen atoms in total. The Morgan fingerprint density at radius 2 is 1.53 bits per heavy atom. The van der Waals surface area contributed by atoms with Crippen molar-refractivity contribution in [3.63, 3.8) is 0 Å². The monoisotopic (exact) mass is 521 g/mol. The van der Waals surface area contributed by atoms with Crippen LogP contribution in [0, 0.1) is 0 Å². The first-order valence-corrected chi connectivity index (χ1v) is 13.0. The standard InChI is InChI=1S/C28H28ClN3O3S/c1-4-31(5-2)17-18-32(28-30-24-23(35-3)16-15-22(29)26(24)36-28)27(34)21-13-11-20(12-14-21)25(33)19-9-7-6-8-10-19/h6-16H,4-5,17-18H2,1-3H3. The van der Waals surface area contributed by atoms with Gasteiger partial charge in [0.15, 0.2) is 10.9 Å². The molecule has 0 radical (unpaired) electrons. The Morgan fingerprint density at radius 1 is 0.889 bits per heavy atom. The number of ether oxygens (including phenoxy) is 1. The van der Waals surface area contributed by atoms with Crippen LogP contribution in [-0.2, 0) is 0 Å². The van der Waals surface area contributed by atoms with Crippen LogP contribution < -0.4 is 9.64 Å². The second-order valence-corrected chi connectivity index (χ2v) is 9.56. The topological polar surface area (TPSA) is 62.7 Å². The third-order valence-electron chi connectivity index (χ3n) is 6.11. The summed E-state index contributed by atoms with van der Waals surface area (Å²) in [6, 6.07) is 19.4. The Kier molecular flexibility index (Phi) is 8.36. The average Bonchev–Trinajstić information content (AvgIpc) is 3.37. The number of thiazole rings is 1. The van der Waals surface area contributed by atoms with Gasteiger partial charge in [-0.1, -0.05) is 79.2 Å². The minimum Gasteiger partial charge on any atom is -0.494 e. The zero-order valence-corrected chi connectivity index (χ0v) is 22.1. The summed E-state index contributed by atoms with van der Waals surface area (Å²) in [5.41, 5.74) is 2.26. The number of amides is 1. The third kappa shape index (κ3) is 5.43. The maximum atomic E-state index is 13.7. The fourth-order valence-corrected chi connectivity index (χ4v) is 5.24. The van der Waals surface area contributed by atoms with Gasteiger partial charge in [-0.2, -0.15) is 0 Å². The fraction of sp³-hybridized carbons (Fsp3) is 0.250. The molecular weight excluding hydrogens is 494 g/mol. The summed E-state index contributed by atoms with van der Waals surface area (Å²) in [5, 5.41) is 1.12. The molecule has 1 heterocycles. The van der Waals surface area contributed by atoms with E-state index in [0.29, 0.717) is 51.2 Å². The number of fused-ring (bicyclic) bond motifs is 1. The highest BCUT2D eigenvalue weighted by atomic mass is 35.5. The van der Waals surface area contributed by atoms with E-state index in [-0.39, 0.29) is 11.7 Å². The lowest BCUT2D eigenvalue weighted by molar-refractivity contribution is 0.0981. The van der Waals surface area contributed by atoms with E-state index < -0.39 is 0 Å². The highest BCUT2D eigenvalue weighted by Crippen LogP contribution is 2.39. The summed E-state index contributed by atoms with van der Waals surface area (Å²) in [7, 11) is 1.59. The van der Waals surface area contributed by atoms with Crippen molar-refractivity contribution in [2.45, 2.75) is 13.8 Å². The first-order chi connectivity index (χ1) is 17.5. The van der Waals surface area contributed by atoms with E-state index in [9.17, 15) is 9.59 Å². The van der Waals surface area contributed by atoms with Gasteiger partial charge < -0.3 is 9.64 Å². The second kappa shape index (κ2) is 11.6. The van der Waals surface area contributed by atoms with Gasteiger partial charge in [-0.05, 0) is 37.4 Å². The van der Waals surface area contributed by atoms with Crippen molar-refractivity contribution >= 4 is 50.0 Å². The van der Waals surface area contributed by atoms with Crippen molar-refractivity contribution in [3.05, 3.63) is 88.4 Å². The molecule has 186 valence electrons. The van der Waals surface area contributed by atoms with Gasteiger partial charge in [0.2, 0.25) is 0 Å². The largest absolute Gasteiger partial charge is 0.494 e. The molecule has 3 aromatic carbocycles. The van der Waals surface area contributed by atoms with Gasteiger partial charge >= 0.3 is 0 Å². The number of hydrogen-bond acceptors (Lipinski definition) is 6. The number of ketones is 1. The van der Waals surface area contributed by atoms with Crippen LogP contribution in [0.1, 0.15) is 40.1 Å². The molecule has 0 aliphatic carbocycles. The minimum absolute atomic E-state index is 0.0825. The number of anilines is 1. The molecular formula is C28H28ClN3O3S. The van der Waals surface area contributed by atoms with Crippen LogP contribution in [0.15, 0.2) is 66.7 Å². The van der Waals surface area contributed by atoms with Gasteiger partial charge in [-0.3, -0.25) is 14.5 Å². The molecule has 0 saturated heterocycles. The zero-order valence-electron chi connectivity index (χ0n) is 20.5. The van der Waals surface area contributed by atoms with Crippen molar-refractivity contribution in [2.75, 3.05) is 38.2 Å². The Labute approximate surface area is 220 Å². The van der Waals surface area contributed by atoms with E-state index in [1.807, 2.05) is 18.2 Å². The molecule has 4 rings (SSSR count). The quantitative estimate of drug-likeness (QED) is 0.233. The van der Waals surface area contributed by atoms with Gasteiger partial charge in [0.25, 0.3) is 5.91 Å². The summed E-state index contributed by atoms with van der Waals surface area (Å²) < 4.78 is 6.24. The van der Waals surface area contributed by atoms with Crippen LogP contribution >= 0.6 is 22.9 Å². The fourth-order valence-electron chi connectivity index (χ4n) is 3.96. The number of halogens is 1. The summed E-state index contributed by atoms with van der Waals surface area (Å²) in [4.78, 5) is 35.2. The Hall–Kier alpha value is -3.26. The highest BCUT2D eigenvalue weighted by Gasteiger charge is 2.24. The number of nitrogens with zero attached hydrogens (tertiary/aromatic N) is 3. The molecule has 0 saturated carbocycles. The molecule has 0 fully saturated rings. The number of aromatic nitrogens is 1. The smallest absolute Gasteiger partial charge is 0.260 e. The summed E-state index contributed by atoms with van der Waals surface area (Å²) in [6.45, 7) is 7.12. The van der Waals surface area contributed by atoms with E-state index in [4.69, 9.17) is 21.3 Å². The molecule has 4 aromatic rings. The molecule has 0 atom stereocenters. The number of hydrogen-bond donors (Lipinski definition) is 0. The number of carbonyl (C=O) groups excluding carboxylic acids is 2. The number of likely N-dealkylation sites (N-methyl/N-ethyl adjacent to an activating group) is 1. The Morgan fingerprint density at radius 3 is 2.17 bits per heavy atom. The maximum absolute atomic E-state index is 13.7. The molecule has 8 heteroatoms. The van der Waals surface area contributed by atoms with Gasteiger partial charge in [0.05, 0.1) is 16.8 Å². The van der Waals surface area contributed by atoms with Crippen LogP contribution in [0.5, 0.6) is 5.75 Å². The molecule has 0 spiro atoms. The summed E-state index contributed by atoms with van der Waals surface area (Å²) in [5.74, 6) is 0.340. The van der Waals surface area contributed by atoms with Crippen LogP contribution in [0.4, 0.5) is 5.13 Å². The lowest BCUT2D eigenvalue weighted by Gasteiger charge is -2.24. The normalized spacial score (nSPS) is 11.1. The summed E-state index contributed by atoms with van der Waals surface area (Å²) in [6.07, 6.45) is 0. The van der Waals surface area contributed by atoms with Gasteiger partial charge in [0.1, 0.15) is 11.3 Å². The first kappa shape index (κ1) is 25.8. The minimum atomic E-state index is -0.185. The SMILES string of the molecule is CCN(CC)CCN(C(=O)c1ccc(C(=O)c2ccccc2)cc1)c1nc2c(OC)ccc(Cl)c2s1. The zero-order chi connectivity index (χ0) is 25.7. The first-order valence-electron chi connectivity index (χ1n) is 11.8. The van der Waals surface area contributed by atoms with Crippen molar-refractivity contribution in [1.82, 2.24) is 9.88 Å². The number of methoxy groups -OCH3 is 1. The lowest BCUT2D eigenvalue weighted by Crippen LogP contribution is -2.38. The molecule has 0 aliphatic heterocycles. The number of rotatable bonds is 10. The van der Waals surface area contributed by atoms with Gasteiger partial charge in [-0.25, -0.2) is 4.98 Å². The van der Waals surface area contributed by atoms with E-state index in [1.54, 1.807) is 60.5 Å². The number of carbonyl (C=O) groups is 2. The summed E-state index contributed by atoms with van der Waals surface area (Å²) >= 11 is 7.81. The third-order valence-corrected chi connectivity index (χ3v) is 7.65. The van der Waals surface area contributed by atoms with Crippen LogP contribution in [0.25, 0.3) is 10.2 Å². The molecule has 0 bridgehead atoms. The van der Waals surface area contributed by atoms with E-state index in [0.717, 1.165) is 17.8 Å². The number of benzene rings is 3. The molecule has 0 unspecified atom stereocenters. The van der Waals surface area contributed by atoms with E-state index in [2.05, 4.69) is 18.7 Å². The molecule has 36 heavy (non-hydrogen) atoms. The van der Waals surface area contributed by atoms with Crippen LogP contribution in [0.3, 0.4) is 0 Å². The Bertz CT molecular complexity index is 1350. The highest BCUT2D eigenvalue weighted by molar-refractivity contribution is 7.23. The van der Waals surface area contributed by atoms with Gasteiger partial charge in [0, 0.05) is 29.8 Å². The predicted molar refractivity (Wildman–Crippen MR) is 147 cm³/mol. The predicted octanol–water partition coefficient (Wildman–Crippen LogP) is 6.18. The Balaban J connectivity index is 1.67. The van der Waals surface area contributed by atoms with Crippen LogP contribution in [0.2, 0.25) is 5.02 Å². The molecule has 0 N–H and O–H groups in total. The van der Waals surface area contributed by atoms with Crippen molar-refractivity contribution in [3.8, 4) is 5.75 Å². The molecule has 0 aliphatic rings. The van der Waals surface area contributed by atoms with Crippen molar-refractivity contribution < 1.29 is 14.3 Å². The van der Waals surface area contributed by atoms with E-state index >= 15 is 0 Å². The molecule has 1 amide bonds. The van der Waals surface area contributed by atoms with Crippen molar-refractivity contribution in [2.24, 2.45) is 0 Å². The van der Waals surface area contributed by atoms with Crippen LogP contribution in [-0.4, -0.2) is 54.9 Å². The lowest BCUT2D eigenvalue weighted by atomic mass is 10.0. The van der Waals surface area contributed by atoms with Crippen molar-refractivity contribution in [1.29, 1.82) is 0 Å². The van der Waals surface area contributed by atoms with E-state index in [1.165, 1.54) is 11.3 Å². The second-order valence-electron chi connectivity index (χ2n) is 8.18. The maximum Gasteiger partial charge on any atom is 0.260 e.